The van der Waals surface area contributed by atoms with Gasteiger partial charge in [-0.3, -0.25) is 14.0 Å². The van der Waals surface area contributed by atoms with E-state index >= 15 is 8.78 Å². The Kier molecular flexibility index (Phi) is 10.9. The highest BCUT2D eigenvalue weighted by Crippen LogP contribution is 2.38. The number of likely N-dealkylation sites (tertiary alicyclic amines) is 1. The summed E-state index contributed by atoms with van der Waals surface area (Å²) in [5.74, 6) is 4.56. The summed E-state index contributed by atoms with van der Waals surface area (Å²) in [4.78, 5) is 2.01. The van der Waals surface area contributed by atoms with Crippen LogP contribution >= 0.6 is 30.3 Å². The van der Waals surface area contributed by atoms with Crippen molar-refractivity contribution in [2.75, 3.05) is 43.7 Å². The van der Waals surface area contributed by atoms with Crippen molar-refractivity contribution in [3.8, 4) is 5.75 Å². The third-order valence-electron chi connectivity index (χ3n) is 6.66. The molecule has 1 saturated heterocycles. The van der Waals surface area contributed by atoms with Crippen LogP contribution in [0.2, 0.25) is 0 Å². The standard InChI is InChI=1S/C26H37F3IN5O2S/c1-15(33-38-30)9-19-18(5-6-22(24(19)31)35(32)26(2,3)4)25(36)23-20(28)10-17(11-21(23)29)37-8-7-34-13-16(12-27)14-34/h5-6,10-11,15-16,25,33,36H,7-9,12-14,31-32H2,1-4H3. The number of anilines is 2. The van der Waals surface area contributed by atoms with Crippen LogP contribution in [-0.4, -0.2) is 54.5 Å². The number of nitrogens with two attached hydrogens (primary N) is 2. The fourth-order valence-electron chi connectivity index (χ4n) is 4.46. The molecule has 0 bridgehead atoms. The van der Waals surface area contributed by atoms with Crippen molar-refractivity contribution in [1.82, 2.24) is 9.62 Å². The number of hydrogen-bond acceptors (Lipinski definition) is 8. The zero-order valence-corrected chi connectivity index (χ0v) is 25.1. The smallest absolute Gasteiger partial charge is 0.135 e. The summed E-state index contributed by atoms with van der Waals surface area (Å²) in [5.41, 5.74) is 7.39. The molecule has 2 aromatic rings. The van der Waals surface area contributed by atoms with E-state index in [1.165, 1.54) is 9.12 Å². The summed E-state index contributed by atoms with van der Waals surface area (Å²) < 4.78 is 51.7. The van der Waals surface area contributed by atoms with E-state index in [1.807, 2.05) is 32.6 Å². The van der Waals surface area contributed by atoms with Crippen molar-refractivity contribution < 1.29 is 23.0 Å². The average molecular weight is 668 g/mol. The first kappa shape index (κ1) is 31.1. The van der Waals surface area contributed by atoms with Crippen molar-refractivity contribution in [3.05, 3.63) is 52.6 Å². The summed E-state index contributed by atoms with van der Waals surface area (Å²) in [6.45, 7) is 9.46. The van der Waals surface area contributed by atoms with Gasteiger partial charge in [-0.2, -0.15) is 0 Å². The maximum atomic E-state index is 15.2. The van der Waals surface area contributed by atoms with Crippen LogP contribution in [0, 0.1) is 17.6 Å². The Morgan fingerprint density at radius 3 is 2.45 bits per heavy atom. The molecule has 6 N–H and O–H groups in total. The van der Waals surface area contributed by atoms with Crippen molar-refractivity contribution >= 4 is 41.7 Å². The van der Waals surface area contributed by atoms with Crippen LogP contribution < -0.4 is 26.0 Å². The van der Waals surface area contributed by atoms with Gasteiger partial charge in [-0.05, 0) is 60.4 Å². The van der Waals surface area contributed by atoms with Crippen LogP contribution in [0.5, 0.6) is 5.75 Å². The van der Waals surface area contributed by atoms with Gasteiger partial charge in [0.1, 0.15) is 30.1 Å². The molecule has 0 aliphatic carbocycles. The molecule has 0 spiro atoms. The molecule has 0 saturated carbocycles. The first-order chi connectivity index (χ1) is 17.9. The molecule has 212 valence electrons. The molecule has 2 atom stereocenters. The zero-order valence-electron chi connectivity index (χ0n) is 22.1. The number of alkyl halides is 1. The second-order valence-electron chi connectivity index (χ2n) is 10.7. The lowest BCUT2D eigenvalue weighted by Gasteiger charge is -2.37. The van der Waals surface area contributed by atoms with Gasteiger partial charge in [-0.25, -0.2) is 14.6 Å². The number of aliphatic hydroxyl groups is 1. The predicted molar refractivity (Wildman–Crippen MR) is 157 cm³/mol. The first-order valence-electron chi connectivity index (χ1n) is 12.4. The van der Waals surface area contributed by atoms with Gasteiger partial charge in [0.2, 0.25) is 0 Å². The van der Waals surface area contributed by atoms with E-state index in [-0.39, 0.29) is 31.0 Å². The number of aliphatic hydroxyl groups excluding tert-OH is 1. The number of hydrogen-bond donors (Lipinski definition) is 4. The van der Waals surface area contributed by atoms with Gasteiger partial charge in [0.25, 0.3) is 0 Å². The molecule has 2 unspecified atom stereocenters. The second-order valence-corrected chi connectivity index (χ2v) is 12.4. The maximum Gasteiger partial charge on any atom is 0.135 e. The number of nitrogen functional groups attached to an aromatic ring is 1. The molecule has 1 fully saturated rings. The Morgan fingerprint density at radius 2 is 1.89 bits per heavy atom. The van der Waals surface area contributed by atoms with Gasteiger partial charge in [0.15, 0.2) is 0 Å². The lowest BCUT2D eigenvalue weighted by molar-refractivity contribution is 0.0667. The van der Waals surface area contributed by atoms with E-state index in [4.69, 9.17) is 16.3 Å². The van der Waals surface area contributed by atoms with Crippen LogP contribution in [0.15, 0.2) is 24.3 Å². The summed E-state index contributed by atoms with van der Waals surface area (Å²) in [6.07, 6.45) is -1.21. The van der Waals surface area contributed by atoms with Crippen molar-refractivity contribution in [2.24, 2.45) is 11.8 Å². The van der Waals surface area contributed by atoms with E-state index in [1.54, 1.807) is 17.1 Å². The largest absolute Gasteiger partial charge is 0.492 e. The summed E-state index contributed by atoms with van der Waals surface area (Å²) in [5, 5.41) is 12.8. The summed E-state index contributed by atoms with van der Waals surface area (Å²) >= 11 is 2.11. The summed E-state index contributed by atoms with van der Waals surface area (Å²) in [7, 11) is 1.41. The highest BCUT2D eigenvalue weighted by Gasteiger charge is 2.29. The Hall–Kier alpha value is -1.45. The fourth-order valence-corrected chi connectivity index (χ4v) is 6.00. The van der Waals surface area contributed by atoms with Crippen LogP contribution in [0.3, 0.4) is 0 Å². The number of ether oxygens (including phenoxy) is 1. The highest BCUT2D eigenvalue weighted by molar-refractivity contribution is 14.2. The van der Waals surface area contributed by atoms with Crippen molar-refractivity contribution in [1.29, 1.82) is 0 Å². The topological polar surface area (TPSA) is 100 Å². The lowest BCUT2D eigenvalue weighted by Crippen LogP contribution is -2.49. The Balaban J connectivity index is 1.88. The maximum absolute atomic E-state index is 15.2. The molecular formula is C26H37F3IN5O2S. The Bertz CT molecular complexity index is 1080. The molecule has 1 aliphatic rings. The van der Waals surface area contributed by atoms with Gasteiger partial charge in [-0.15, -0.1) is 0 Å². The SMILES string of the molecule is CC(Cc1c(C(O)c2c(F)cc(OCCN3CC(CF)C3)cc2F)ccc(N(N)C(C)(C)C)c1N)NSI. The predicted octanol–water partition coefficient (Wildman–Crippen LogP) is 4.91. The zero-order chi connectivity index (χ0) is 28.2. The number of nitrogens with zero attached hydrogens (tertiary/aromatic N) is 2. The molecule has 3 rings (SSSR count). The third kappa shape index (κ3) is 7.39. The third-order valence-corrected chi connectivity index (χ3v) is 7.91. The molecule has 0 amide bonds. The number of halogens is 4. The minimum atomic E-state index is -1.60. The molecular weight excluding hydrogens is 630 g/mol. The molecule has 38 heavy (non-hydrogen) atoms. The summed E-state index contributed by atoms with van der Waals surface area (Å²) in [6, 6.07) is 5.35. The number of hydrazine groups is 1. The first-order valence-corrected chi connectivity index (χ1v) is 15.8. The van der Waals surface area contributed by atoms with E-state index < -0.39 is 28.8 Å². The minimum Gasteiger partial charge on any atom is -0.492 e. The van der Waals surface area contributed by atoms with Crippen LogP contribution in [0.1, 0.15) is 50.5 Å². The van der Waals surface area contributed by atoms with Gasteiger partial charge in [0, 0.05) is 70.5 Å². The van der Waals surface area contributed by atoms with E-state index in [2.05, 4.69) is 25.9 Å². The number of nitrogens with one attached hydrogen (secondary N) is 1. The second kappa shape index (κ2) is 13.3. The normalized spacial score (nSPS) is 16.3. The van der Waals surface area contributed by atoms with Crippen LogP contribution in [-0.2, 0) is 6.42 Å². The van der Waals surface area contributed by atoms with Crippen LogP contribution in [0.4, 0.5) is 24.5 Å². The van der Waals surface area contributed by atoms with Gasteiger partial charge >= 0.3 is 0 Å². The van der Waals surface area contributed by atoms with Crippen molar-refractivity contribution in [3.63, 3.8) is 0 Å². The monoisotopic (exact) mass is 667 g/mol. The van der Waals surface area contributed by atoms with E-state index in [9.17, 15) is 9.50 Å². The quantitative estimate of drug-likeness (QED) is 0.0835. The van der Waals surface area contributed by atoms with Gasteiger partial charge in [0.05, 0.1) is 23.6 Å². The minimum absolute atomic E-state index is 0.0226. The highest BCUT2D eigenvalue weighted by atomic mass is 127. The van der Waals surface area contributed by atoms with E-state index in [0.717, 1.165) is 12.1 Å². The number of rotatable bonds is 12. The molecule has 0 radical (unpaired) electrons. The lowest BCUT2D eigenvalue weighted by atomic mass is 9.90. The molecule has 1 heterocycles. The number of benzene rings is 2. The van der Waals surface area contributed by atoms with Gasteiger partial charge in [-0.1, -0.05) is 6.07 Å². The molecule has 1 aliphatic heterocycles. The van der Waals surface area contributed by atoms with Crippen molar-refractivity contribution in [2.45, 2.75) is 51.8 Å². The molecule has 12 heteroatoms. The molecule has 0 aromatic heterocycles. The van der Waals surface area contributed by atoms with Crippen LogP contribution in [0.25, 0.3) is 0 Å². The fraction of sp³-hybridized carbons (Fsp3) is 0.538. The Labute approximate surface area is 239 Å². The Morgan fingerprint density at radius 1 is 1.26 bits per heavy atom. The van der Waals surface area contributed by atoms with E-state index in [0.29, 0.717) is 48.6 Å². The van der Waals surface area contributed by atoms with Gasteiger partial charge < -0.3 is 20.6 Å². The molecule has 7 nitrogen and oxygen atoms in total. The molecule has 2 aromatic carbocycles. The average Bonchev–Trinajstić information content (AvgIpc) is 2.80.